The topological polar surface area (TPSA) is 78.8 Å². The van der Waals surface area contributed by atoms with Crippen LogP contribution in [0.2, 0.25) is 0 Å². The average molecular weight is 534 g/mol. The van der Waals surface area contributed by atoms with Gasteiger partial charge in [-0.05, 0) is 99.5 Å². The molecule has 3 N–H and O–H groups in total. The van der Waals surface area contributed by atoms with Gasteiger partial charge in [-0.2, -0.15) is 0 Å². The summed E-state index contributed by atoms with van der Waals surface area (Å²) in [6, 6.07) is 18.5. The number of ether oxygens (including phenoxy) is 1. The molecule has 2 atom stereocenters. The molecule has 0 radical (unpaired) electrons. The first-order chi connectivity index (χ1) is 18.4. The molecule has 0 bridgehead atoms. The van der Waals surface area contributed by atoms with Crippen LogP contribution in [0.15, 0.2) is 66.2 Å². The molecular weight excluding hydrogens is 493 g/mol. The van der Waals surface area contributed by atoms with Gasteiger partial charge >= 0.3 is 5.97 Å². The van der Waals surface area contributed by atoms with Gasteiger partial charge in [0.1, 0.15) is 5.82 Å². The van der Waals surface area contributed by atoms with E-state index in [1.54, 1.807) is 25.1 Å². The number of carboxylic acid groups (broad SMARTS) is 1. The Balaban J connectivity index is 1.65. The van der Waals surface area contributed by atoms with Crippen molar-refractivity contribution in [2.45, 2.75) is 65.7 Å². The predicted molar refractivity (Wildman–Crippen MR) is 155 cm³/mol. The van der Waals surface area contributed by atoms with E-state index in [-0.39, 0.29) is 29.6 Å². The minimum absolute atomic E-state index is 0.138. The lowest BCUT2D eigenvalue weighted by atomic mass is 9.93. The van der Waals surface area contributed by atoms with Gasteiger partial charge in [-0.1, -0.05) is 54.1 Å². The number of benzene rings is 3. The highest BCUT2D eigenvalue weighted by Crippen LogP contribution is 2.32. The monoisotopic (exact) mass is 533 g/mol. The highest BCUT2D eigenvalue weighted by atomic mass is 19.1. The summed E-state index contributed by atoms with van der Waals surface area (Å²) >= 11 is 0. The predicted octanol–water partition coefficient (Wildman–Crippen LogP) is 6.97. The summed E-state index contributed by atoms with van der Waals surface area (Å²) in [5.74, 6) is -1.17. The number of hydrogen-bond acceptors (Lipinski definition) is 4. The molecule has 0 spiro atoms. The second-order valence-electron chi connectivity index (χ2n) is 11.1. The maximum absolute atomic E-state index is 13.9. The van der Waals surface area contributed by atoms with Crippen molar-refractivity contribution in [3.8, 4) is 11.1 Å². The van der Waals surface area contributed by atoms with Crippen LogP contribution in [0, 0.1) is 12.7 Å². The van der Waals surface area contributed by atoms with Crippen molar-refractivity contribution in [2.75, 3.05) is 13.2 Å². The lowest BCUT2D eigenvalue weighted by molar-refractivity contribution is -0.00397. The van der Waals surface area contributed by atoms with Crippen LogP contribution in [0.5, 0.6) is 0 Å². The van der Waals surface area contributed by atoms with Gasteiger partial charge in [-0.15, -0.1) is 0 Å². The van der Waals surface area contributed by atoms with E-state index in [1.807, 2.05) is 83.2 Å². The number of aliphatic hydroxyl groups is 1. The molecule has 0 heterocycles. The van der Waals surface area contributed by atoms with Crippen LogP contribution in [0.4, 0.5) is 4.39 Å². The van der Waals surface area contributed by atoms with Crippen LogP contribution in [0.3, 0.4) is 0 Å². The molecular formula is C33H40FNO4. The number of aromatic carboxylic acids is 1. The van der Waals surface area contributed by atoms with Crippen molar-refractivity contribution in [2.24, 2.45) is 0 Å². The summed E-state index contributed by atoms with van der Waals surface area (Å²) in [6.07, 6.45) is 1.46. The van der Waals surface area contributed by atoms with Crippen LogP contribution in [-0.4, -0.2) is 41.0 Å². The van der Waals surface area contributed by atoms with Crippen LogP contribution >= 0.6 is 0 Å². The van der Waals surface area contributed by atoms with Crippen LogP contribution < -0.4 is 5.32 Å². The van der Waals surface area contributed by atoms with Gasteiger partial charge in [0.05, 0.1) is 24.4 Å². The van der Waals surface area contributed by atoms with Gasteiger partial charge in [0, 0.05) is 12.1 Å². The number of aryl methyl sites for hydroxylation is 1. The molecule has 39 heavy (non-hydrogen) atoms. The molecule has 208 valence electrons. The number of aliphatic hydroxyl groups excluding tert-OH is 1. The van der Waals surface area contributed by atoms with E-state index < -0.39 is 12.1 Å². The normalized spacial score (nSPS) is 13.1. The molecule has 0 aliphatic rings. The summed E-state index contributed by atoms with van der Waals surface area (Å²) in [7, 11) is 0. The molecule has 0 saturated carbocycles. The Morgan fingerprint density at radius 1 is 1.10 bits per heavy atom. The van der Waals surface area contributed by atoms with Crippen LogP contribution in [0.1, 0.15) is 73.3 Å². The Morgan fingerprint density at radius 2 is 1.82 bits per heavy atom. The van der Waals surface area contributed by atoms with Gasteiger partial charge in [-0.25, -0.2) is 9.18 Å². The number of carboxylic acids is 1. The molecule has 0 saturated heterocycles. The van der Waals surface area contributed by atoms with Gasteiger partial charge < -0.3 is 20.3 Å². The van der Waals surface area contributed by atoms with Crippen molar-refractivity contribution in [3.05, 3.63) is 99.9 Å². The average Bonchev–Trinajstić information content (AvgIpc) is 2.87. The molecule has 3 aromatic carbocycles. The van der Waals surface area contributed by atoms with Gasteiger partial charge in [-0.3, -0.25) is 0 Å². The number of halogens is 1. The smallest absolute Gasteiger partial charge is 0.336 e. The van der Waals surface area contributed by atoms with E-state index in [0.717, 1.165) is 27.8 Å². The second kappa shape index (κ2) is 13.2. The number of rotatable bonds is 12. The Morgan fingerprint density at radius 3 is 2.49 bits per heavy atom. The number of allylic oxidation sites excluding steroid dienone is 1. The molecule has 6 heteroatoms. The number of β-amino-alcohol motifs (C(OH)–C–C–N with tert-alkyl or cyclic N) is 1. The molecule has 3 rings (SSSR count). The van der Waals surface area contributed by atoms with E-state index in [0.29, 0.717) is 24.1 Å². The minimum Gasteiger partial charge on any atom is -0.478 e. The van der Waals surface area contributed by atoms with Crippen molar-refractivity contribution in [1.82, 2.24) is 5.32 Å². The molecule has 0 aliphatic heterocycles. The maximum Gasteiger partial charge on any atom is 0.336 e. The summed E-state index contributed by atoms with van der Waals surface area (Å²) in [5.41, 5.74) is 5.90. The number of hydrogen-bond donors (Lipinski definition) is 3. The number of carbonyl (C=O) groups is 1. The largest absolute Gasteiger partial charge is 0.478 e. The highest BCUT2D eigenvalue weighted by molar-refractivity contribution is 5.93. The first-order valence-corrected chi connectivity index (χ1v) is 13.3. The first kappa shape index (κ1) is 30.2. The zero-order valence-corrected chi connectivity index (χ0v) is 23.7. The summed E-state index contributed by atoms with van der Waals surface area (Å²) in [6.45, 7) is 12.1. The standard InChI is InChI=1S/C33H40FNO4/c1-21(2)15-26-17-25(13-14-30(26)32(37)38)29-10-8-7-9-28(29)23(4)39-20-27(36)19-35-33(5,6)18-24-12-11-22(3)31(34)16-24/h7-17,23,27,35-36H,18-20H2,1-6H3,(H,37,38)/t23?,27-/m1/s1. The fraction of sp³-hybridized carbons (Fsp3) is 0.364. The van der Waals surface area contributed by atoms with Gasteiger partial charge in [0.25, 0.3) is 0 Å². The fourth-order valence-corrected chi connectivity index (χ4v) is 4.59. The quantitative estimate of drug-likeness (QED) is 0.234. The molecule has 5 nitrogen and oxygen atoms in total. The van der Waals surface area contributed by atoms with E-state index in [9.17, 15) is 19.4 Å². The third kappa shape index (κ3) is 8.59. The summed E-state index contributed by atoms with van der Waals surface area (Å²) < 4.78 is 20.0. The fourth-order valence-electron chi connectivity index (χ4n) is 4.59. The Labute approximate surface area is 231 Å². The molecule has 0 aromatic heterocycles. The van der Waals surface area contributed by atoms with Crippen molar-refractivity contribution < 1.29 is 24.1 Å². The summed E-state index contributed by atoms with van der Waals surface area (Å²) in [5, 5.41) is 23.6. The second-order valence-corrected chi connectivity index (χ2v) is 11.1. The SMILES string of the molecule is CC(C)=Cc1cc(-c2ccccc2C(C)OC[C@H](O)CNC(C)(C)Cc2ccc(C)c(F)c2)ccc1C(=O)O. The minimum atomic E-state index is -0.962. The Bertz CT molecular complexity index is 1330. The van der Waals surface area contributed by atoms with E-state index in [4.69, 9.17) is 4.74 Å². The van der Waals surface area contributed by atoms with E-state index >= 15 is 0 Å². The highest BCUT2D eigenvalue weighted by Gasteiger charge is 2.21. The van der Waals surface area contributed by atoms with Crippen LogP contribution in [0.25, 0.3) is 17.2 Å². The Hall–Kier alpha value is -3.32. The molecule has 0 amide bonds. The first-order valence-electron chi connectivity index (χ1n) is 13.3. The lowest BCUT2D eigenvalue weighted by Crippen LogP contribution is -2.46. The molecule has 0 fully saturated rings. The third-order valence-corrected chi connectivity index (χ3v) is 6.67. The molecule has 1 unspecified atom stereocenters. The zero-order chi connectivity index (χ0) is 28.7. The van der Waals surface area contributed by atoms with E-state index in [2.05, 4.69) is 5.32 Å². The molecule has 0 aliphatic carbocycles. The lowest BCUT2D eigenvalue weighted by Gasteiger charge is -2.28. The van der Waals surface area contributed by atoms with E-state index in [1.165, 1.54) is 0 Å². The van der Waals surface area contributed by atoms with Crippen LogP contribution in [-0.2, 0) is 11.2 Å². The van der Waals surface area contributed by atoms with Gasteiger partial charge in [0.15, 0.2) is 0 Å². The number of nitrogens with one attached hydrogen (secondary N) is 1. The third-order valence-electron chi connectivity index (χ3n) is 6.67. The van der Waals surface area contributed by atoms with Crippen molar-refractivity contribution >= 4 is 12.0 Å². The Kier molecular flexibility index (Phi) is 10.2. The zero-order valence-electron chi connectivity index (χ0n) is 23.7. The van der Waals surface area contributed by atoms with Crippen molar-refractivity contribution in [3.63, 3.8) is 0 Å². The summed E-state index contributed by atoms with van der Waals surface area (Å²) in [4.78, 5) is 11.7. The molecule has 3 aromatic rings. The van der Waals surface area contributed by atoms with Gasteiger partial charge in [0.2, 0.25) is 0 Å². The van der Waals surface area contributed by atoms with Crippen molar-refractivity contribution in [1.29, 1.82) is 0 Å². The maximum atomic E-state index is 13.9.